The molecule has 0 radical (unpaired) electrons. The average Bonchev–Trinajstić information content (AvgIpc) is 2.39. The maximum Gasteiger partial charge on any atom is 0.251 e. The van der Waals surface area contributed by atoms with Gasteiger partial charge >= 0.3 is 0 Å². The van der Waals surface area contributed by atoms with Gasteiger partial charge in [-0.1, -0.05) is 26.7 Å². The van der Waals surface area contributed by atoms with Crippen molar-refractivity contribution in [3.05, 3.63) is 29.3 Å². The van der Waals surface area contributed by atoms with Crippen molar-refractivity contribution in [2.75, 3.05) is 12.0 Å². The van der Waals surface area contributed by atoms with Crippen molar-refractivity contribution in [3.8, 4) is 0 Å². The van der Waals surface area contributed by atoms with Crippen molar-refractivity contribution in [1.29, 1.82) is 0 Å². The lowest BCUT2D eigenvalue weighted by atomic mass is 10.0. The number of hydrogen-bond donors (Lipinski definition) is 3. The van der Waals surface area contributed by atoms with Gasteiger partial charge in [0.05, 0.1) is 0 Å². The number of amides is 1. The van der Waals surface area contributed by atoms with Crippen molar-refractivity contribution in [2.45, 2.75) is 33.6 Å². The second-order valence-corrected chi connectivity index (χ2v) is 4.57. The molecule has 0 bridgehead atoms. The van der Waals surface area contributed by atoms with Gasteiger partial charge in [-0.05, 0) is 36.6 Å². The van der Waals surface area contributed by atoms with E-state index in [-0.39, 0.29) is 5.91 Å². The maximum absolute atomic E-state index is 12.0. The van der Waals surface area contributed by atoms with E-state index in [1.165, 1.54) is 0 Å². The molecule has 1 rings (SSSR count). The van der Waals surface area contributed by atoms with E-state index in [4.69, 9.17) is 5.84 Å². The molecule has 0 aliphatic carbocycles. The molecule has 4 heteroatoms. The summed E-state index contributed by atoms with van der Waals surface area (Å²) in [5.74, 6) is 5.87. The first-order chi connectivity index (χ1) is 8.62. The third-order valence-corrected chi connectivity index (χ3v) is 3.34. The summed E-state index contributed by atoms with van der Waals surface area (Å²) in [4.78, 5) is 12.0. The van der Waals surface area contributed by atoms with Crippen LogP contribution in [0.2, 0.25) is 0 Å². The van der Waals surface area contributed by atoms with Gasteiger partial charge in [0.25, 0.3) is 5.91 Å². The molecule has 1 aromatic carbocycles. The molecule has 4 nitrogen and oxygen atoms in total. The lowest BCUT2D eigenvalue weighted by molar-refractivity contribution is 0.0946. The van der Waals surface area contributed by atoms with Crippen molar-refractivity contribution in [2.24, 2.45) is 11.8 Å². The molecule has 0 fully saturated rings. The number of anilines is 1. The summed E-state index contributed by atoms with van der Waals surface area (Å²) in [5, 5.41) is 2.99. The molecular weight excluding hydrogens is 226 g/mol. The summed E-state index contributed by atoms with van der Waals surface area (Å²) in [6, 6.07) is 5.47. The Labute approximate surface area is 109 Å². The Morgan fingerprint density at radius 1 is 1.33 bits per heavy atom. The monoisotopic (exact) mass is 249 g/mol. The molecule has 0 aromatic heterocycles. The number of hydrazine groups is 1. The fourth-order valence-corrected chi connectivity index (χ4v) is 1.92. The van der Waals surface area contributed by atoms with Gasteiger partial charge < -0.3 is 10.7 Å². The Morgan fingerprint density at radius 3 is 2.50 bits per heavy atom. The van der Waals surface area contributed by atoms with E-state index >= 15 is 0 Å². The van der Waals surface area contributed by atoms with E-state index in [0.717, 1.165) is 30.6 Å². The van der Waals surface area contributed by atoms with Gasteiger partial charge in [-0.25, -0.2) is 0 Å². The minimum absolute atomic E-state index is 0.0111. The van der Waals surface area contributed by atoms with Crippen LogP contribution in [-0.2, 0) is 0 Å². The van der Waals surface area contributed by atoms with Gasteiger partial charge in [0.1, 0.15) is 0 Å². The predicted octanol–water partition coefficient (Wildman–Crippen LogP) is 2.45. The van der Waals surface area contributed by atoms with Crippen LogP contribution in [0.4, 0.5) is 5.69 Å². The van der Waals surface area contributed by atoms with Crippen LogP contribution in [0.15, 0.2) is 18.2 Å². The predicted molar refractivity (Wildman–Crippen MR) is 75.4 cm³/mol. The van der Waals surface area contributed by atoms with Gasteiger partial charge in [-0.2, -0.15) is 0 Å². The SMILES string of the molecule is CCC(CC)CNC(=O)c1ccc(NN)cc1C. The minimum Gasteiger partial charge on any atom is -0.352 e. The van der Waals surface area contributed by atoms with Crippen LogP contribution in [-0.4, -0.2) is 12.5 Å². The smallest absolute Gasteiger partial charge is 0.251 e. The third kappa shape index (κ3) is 3.74. The Balaban J connectivity index is 2.67. The molecule has 18 heavy (non-hydrogen) atoms. The summed E-state index contributed by atoms with van der Waals surface area (Å²) in [6.07, 6.45) is 2.18. The first kappa shape index (κ1) is 14.5. The molecule has 0 atom stereocenters. The van der Waals surface area contributed by atoms with Crippen LogP contribution in [0.5, 0.6) is 0 Å². The molecule has 0 spiro atoms. The number of aryl methyl sites for hydroxylation is 1. The molecule has 0 saturated heterocycles. The van der Waals surface area contributed by atoms with Gasteiger partial charge in [0.15, 0.2) is 0 Å². The molecule has 1 amide bonds. The number of nitrogens with one attached hydrogen (secondary N) is 2. The van der Waals surface area contributed by atoms with E-state index < -0.39 is 0 Å². The molecule has 0 heterocycles. The first-order valence-electron chi connectivity index (χ1n) is 6.47. The Hall–Kier alpha value is -1.55. The number of nitrogen functional groups attached to an aromatic ring is 1. The van der Waals surface area contributed by atoms with E-state index in [9.17, 15) is 4.79 Å². The van der Waals surface area contributed by atoms with Crippen LogP contribution < -0.4 is 16.6 Å². The fraction of sp³-hybridized carbons (Fsp3) is 0.500. The highest BCUT2D eigenvalue weighted by Gasteiger charge is 2.11. The van der Waals surface area contributed by atoms with E-state index in [0.29, 0.717) is 11.5 Å². The lowest BCUT2D eigenvalue weighted by Crippen LogP contribution is -2.29. The number of carbonyl (C=O) groups is 1. The second kappa shape index (κ2) is 7.01. The van der Waals surface area contributed by atoms with Crippen molar-refractivity contribution in [1.82, 2.24) is 5.32 Å². The Kier molecular flexibility index (Phi) is 5.65. The molecular formula is C14H23N3O. The molecule has 0 unspecified atom stereocenters. The number of rotatable bonds is 6. The molecule has 1 aromatic rings. The Morgan fingerprint density at radius 2 is 2.00 bits per heavy atom. The normalized spacial score (nSPS) is 10.5. The summed E-state index contributed by atoms with van der Waals surface area (Å²) < 4.78 is 0. The van der Waals surface area contributed by atoms with Gasteiger partial charge in [0, 0.05) is 17.8 Å². The molecule has 0 aliphatic heterocycles. The molecule has 100 valence electrons. The van der Waals surface area contributed by atoms with E-state index in [1.54, 1.807) is 12.1 Å². The summed E-state index contributed by atoms with van der Waals surface area (Å²) in [6.45, 7) is 6.94. The van der Waals surface area contributed by atoms with Crippen LogP contribution in [0.1, 0.15) is 42.6 Å². The lowest BCUT2D eigenvalue weighted by Gasteiger charge is -2.14. The topological polar surface area (TPSA) is 67.2 Å². The van der Waals surface area contributed by atoms with Crippen LogP contribution in [0, 0.1) is 12.8 Å². The number of benzene rings is 1. The highest BCUT2D eigenvalue weighted by atomic mass is 16.1. The van der Waals surface area contributed by atoms with Crippen molar-refractivity contribution < 1.29 is 4.79 Å². The van der Waals surface area contributed by atoms with Crippen LogP contribution >= 0.6 is 0 Å². The minimum atomic E-state index is -0.0111. The zero-order chi connectivity index (χ0) is 13.5. The zero-order valence-corrected chi connectivity index (χ0v) is 11.4. The Bertz CT molecular complexity index is 400. The van der Waals surface area contributed by atoms with Crippen molar-refractivity contribution in [3.63, 3.8) is 0 Å². The first-order valence-corrected chi connectivity index (χ1v) is 6.47. The number of nitrogens with two attached hydrogens (primary N) is 1. The number of carbonyl (C=O) groups excluding carboxylic acids is 1. The quantitative estimate of drug-likeness (QED) is 0.536. The summed E-state index contributed by atoms with van der Waals surface area (Å²) in [5.41, 5.74) is 5.01. The average molecular weight is 249 g/mol. The zero-order valence-electron chi connectivity index (χ0n) is 11.4. The fourth-order valence-electron chi connectivity index (χ4n) is 1.92. The largest absolute Gasteiger partial charge is 0.352 e. The molecule has 0 aliphatic rings. The number of hydrogen-bond acceptors (Lipinski definition) is 3. The highest BCUT2D eigenvalue weighted by molar-refractivity contribution is 5.96. The van der Waals surface area contributed by atoms with Crippen LogP contribution in [0.3, 0.4) is 0 Å². The standard InChI is InChI=1S/C14H23N3O/c1-4-11(5-2)9-16-14(18)13-7-6-12(17-15)8-10(13)3/h6-8,11,17H,4-5,9,15H2,1-3H3,(H,16,18). The third-order valence-electron chi connectivity index (χ3n) is 3.34. The maximum atomic E-state index is 12.0. The van der Waals surface area contributed by atoms with E-state index in [2.05, 4.69) is 24.6 Å². The molecule has 0 saturated carbocycles. The van der Waals surface area contributed by atoms with Gasteiger partial charge in [-0.3, -0.25) is 10.6 Å². The second-order valence-electron chi connectivity index (χ2n) is 4.57. The van der Waals surface area contributed by atoms with E-state index in [1.807, 2.05) is 13.0 Å². The van der Waals surface area contributed by atoms with Gasteiger partial charge in [-0.15, -0.1) is 0 Å². The van der Waals surface area contributed by atoms with Crippen molar-refractivity contribution >= 4 is 11.6 Å². The van der Waals surface area contributed by atoms with Crippen LogP contribution in [0.25, 0.3) is 0 Å². The summed E-state index contributed by atoms with van der Waals surface area (Å²) >= 11 is 0. The van der Waals surface area contributed by atoms with Gasteiger partial charge in [0.2, 0.25) is 0 Å². The highest BCUT2D eigenvalue weighted by Crippen LogP contribution is 2.14. The molecule has 4 N–H and O–H groups in total. The summed E-state index contributed by atoms with van der Waals surface area (Å²) in [7, 11) is 0.